The number of hydrogen-bond acceptors (Lipinski definition) is 3. The van der Waals surface area contributed by atoms with Gasteiger partial charge in [-0.2, -0.15) is 0 Å². The zero-order valence-corrected chi connectivity index (χ0v) is 12.6. The van der Waals surface area contributed by atoms with Crippen LogP contribution in [0.25, 0.3) is 0 Å². The second-order valence-corrected chi connectivity index (χ2v) is 6.41. The Kier molecular flexibility index (Phi) is 4.70. The summed E-state index contributed by atoms with van der Waals surface area (Å²) in [7, 11) is 0. The Morgan fingerprint density at radius 2 is 2.39 bits per heavy atom. The van der Waals surface area contributed by atoms with Gasteiger partial charge in [0.15, 0.2) is 0 Å². The summed E-state index contributed by atoms with van der Waals surface area (Å²) in [5.74, 6) is 0.550. The number of β-amino-alcohol motifs (C(OH)–C–C–N with tert-alkyl or cyclic N) is 1. The molecule has 1 N–H and O–H groups in total. The Hall–Kier alpha value is -0.520. The Bertz CT molecular complexity index is 453. The predicted molar refractivity (Wildman–Crippen MR) is 76.8 cm³/mol. The van der Waals surface area contributed by atoms with Gasteiger partial charge in [-0.25, -0.2) is 0 Å². The molecule has 0 aliphatic carbocycles. The first-order valence-corrected chi connectivity index (χ1v) is 7.69. The fourth-order valence-corrected chi connectivity index (χ4v) is 3.36. The fourth-order valence-electron chi connectivity index (χ4n) is 1.97. The summed E-state index contributed by atoms with van der Waals surface area (Å²) in [5.41, 5.74) is 1.17. The summed E-state index contributed by atoms with van der Waals surface area (Å²) in [6.45, 7) is 3.20. The summed E-state index contributed by atoms with van der Waals surface area (Å²) in [4.78, 5) is 14.8. The third-order valence-electron chi connectivity index (χ3n) is 3.00. The van der Waals surface area contributed by atoms with Crippen LogP contribution in [0.4, 0.5) is 0 Å². The molecule has 1 aromatic rings. The molecule has 1 fully saturated rings. The van der Waals surface area contributed by atoms with Crippen LogP contribution >= 0.6 is 27.7 Å². The minimum atomic E-state index is -0.339. The molecule has 0 saturated carbocycles. The van der Waals surface area contributed by atoms with E-state index in [1.165, 1.54) is 5.56 Å². The number of benzene rings is 1. The van der Waals surface area contributed by atoms with Crippen LogP contribution in [0.5, 0.6) is 0 Å². The van der Waals surface area contributed by atoms with Crippen LogP contribution in [-0.4, -0.2) is 40.9 Å². The molecule has 98 valence electrons. The van der Waals surface area contributed by atoms with Crippen molar-refractivity contribution in [2.75, 3.05) is 18.8 Å². The molecule has 0 unspecified atom stereocenters. The van der Waals surface area contributed by atoms with Gasteiger partial charge in [0, 0.05) is 22.5 Å². The molecule has 1 saturated heterocycles. The Balaban J connectivity index is 1.89. The van der Waals surface area contributed by atoms with Gasteiger partial charge < -0.3 is 10.0 Å². The molecule has 0 radical (unpaired) electrons. The molecule has 0 spiro atoms. The van der Waals surface area contributed by atoms with Gasteiger partial charge in [0.1, 0.15) is 0 Å². The molecule has 0 aromatic heterocycles. The number of nitrogens with zero attached hydrogens (tertiary/aromatic N) is 1. The van der Waals surface area contributed by atoms with Gasteiger partial charge in [0.2, 0.25) is 5.91 Å². The van der Waals surface area contributed by atoms with Crippen molar-refractivity contribution in [1.82, 2.24) is 4.90 Å². The highest BCUT2D eigenvalue weighted by Crippen LogP contribution is 2.25. The van der Waals surface area contributed by atoms with E-state index in [1.54, 1.807) is 16.7 Å². The van der Waals surface area contributed by atoms with Crippen LogP contribution < -0.4 is 0 Å². The minimum Gasteiger partial charge on any atom is -0.391 e. The monoisotopic (exact) mass is 329 g/mol. The molecule has 3 nitrogen and oxygen atoms in total. The summed E-state index contributed by atoms with van der Waals surface area (Å²) >= 11 is 4.98. The topological polar surface area (TPSA) is 40.5 Å². The van der Waals surface area contributed by atoms with Crippen molar-refractivity contribution in [2.24, 2.45) is 0 Å². The zero-order chi connectivity index (χ0) is 13.1. The Labute approximate surface area is 120 Å². The third-order valence-corrected chi connectivity index (χ3v) is 4.66. The van der Waals surface area contributed by atoms with Gasteiger partial charge in [0.05, 0.1) is 11.9 Å². The first-order chi connectivity index (χ1) is 8.56. The lowest BCUT2D eigenvalue weighted by molar-refractivity contribution is -0.127. The lowest BCUT2D eigenvalue weighted by atomic mass is 10.2. The second-order valence-electron chi connectivity index (χ2n) is 4.48. The minimum absolute atomic E-state index is 0.110. The number of likely N-dealkylation sites (tertiary alicyclic amines) is 1. The number of amides is 1. The Morgan fingerprint density at radius 3 is 3.00 bits per heavy atom. The van der Waals surface area contributed by atoms with Crippen LogP contribution in [0.2, 0.25) is 0 Å². The molecule has 1 aliphatic rings. The van der Waals surface area contributed by atoms with Crippen LogP contribution in [0, 0.1) is 6.92 Å². The van der Waals surface area contributed by atoms with E-state index in [9.17, 15) is 9.90 Å². The normalized spacial score (nSPS) is 19.3. The molecule has 18 heavy (non-hydrogen) atoms. The zero-order valence-electron chi connectivity index (χ0n) is 10.2. The van der Waals surface area contributed by atoms with Crippen LogP contribution in [-0.2, 0) is 4.79 Å². The van der Waals surface area contributed by atoms with E-state index >= 15 is 0 Å². The van der Waals surface area contributed by atoms with Crippen molar-refractivity contribution >= 4 is 33.6 Å². The van der Waals surface area contributed by atoms with Gasteiger partial charge in [-0.3, -0.25) is 4.79 Å². The number of halogens is 1. The molecule has 1 aromatic carbocycles. The standard InChI is InChI=1S/C13H16BrNO2S/c1-9-6-10(14)2-3-12(9)18-8-13(17)15-5-4-11(16)7-15/h2-3,6,11,16H,4-5,7-8H2,1H3/t11-/m0/s1. The number of rotatable bonds is 3. The number of aliphatic hydroxyl groups is 1. The van der Waals surface area contributed by atoms with Gasteiger partial charge in [-0.15, -0.1) is 11.8 Å². The van der Waals surface area contributed by atoms with Crippen LogP contribution in [0.15, 0.2) is 27.6 Å². The summed E-state index contributed by atoms with van der Waals surface area (Å²) < 4.78 is 1.05. The number of aliphatic hydroxyl groups excluding tert-OH is 1. The average Bonchev–Trinajstić information content (AvgIpc) is 2.74. The van der Waals surface area contributed by atoms with E-state index < -0.39 is 0 Å². The molecular weight excluding hydrogens is 314 g/mol. The molecule has 1 aliphatic heterocycles. The molecule has 2 rings (SSSR count). The fraction of sp³-hybridized carbons (Fsp3) is 0.462. The number of carbonyl (C=O) groups excluding carboxylic acids is 1. The number of thioether (sulfide) groups is 1. The molecule has 1 atom stereocenters. The van der Waals surface area contributed by atoms with E-state index in [2.05, 4.69) is 15.9 Å². The Morgan fingerprint density at radius 1 is 1.61 bits per heavy atom. The lowest BCUT2D eigenvalue weighted by Crippen LogP contribution is -2.30. The number of aryl methyl sites for hydroxylation is 1. The van der Waals surface area contributed by atoms with Crippen molar-refractivity contribution in [1.29, 1.82) is 0 Å². The van der Waals surface area contributed by atoms with Crippen LogP contribution in [0.3, 0.4) is 0 Å². The highest BCUT2D eigenvalue weighted by molar-refractivity contribution is 9.10. The van der Waals surface area contributed by atoms with Gasteiger partial charge in [-0.1, -0.05) is 15.9 Å². The highest BCUT2D eigenvalue weighted by Gasteiger charge is 2.24. The van der Waals surface area contributed by atoms with Crippen molar-refractivity contribution < 1.29 is 9.90 Å². The molecule has 1 amide bonds. The van der Waals surface area contributed by atoms with E-state index in [1.807, 2.05) is 25.1 Å². The molecule has 5 heteroatoms. The smallest absolute Gasteiger partial charge is 0.233 e. The summed E-state index contributed by atoms with van der Waals surface area (Å²) in [6.07, 6.45) is 0.363. The third kappa shape index (κ3) is 3.49. The summed E-state index contributed by atoms with van der Waals surface area (Å²) in [5, 5.41) is 9.40. The maximum Gasteiger partial charge on any atom is 0.233 e. The van der Waals surface area contributed by atoms with Gasteiger partial charge in [-0.05, 0) is 37.1 Å². The molecule has 0 bridgehead atoms. The SMILES string of the molecule is Cc1cc(Br)ccc1SCC(=O)N1CC[C@H](O)C1. The highest BCUT2D eigenvalue weighted by atomic mass is 79.9. The average molecular weight is 330 g/mol. The largest absolute Gasteiger partial charge is 0.391 e. The van der Waals surface area contributed by atoms with E-state index in [4.69, 9.17) is 0 Å². The maximum absolute atomic E-state index is 11.9. The maximum atomic E-state index is 11.9. The van der Waals surface area contributed by atoms with Crippen molar-refractivity contribution in [2.45, 2.75) is 24.3 Å². The van der Waals surface area contributed by atoms with E-state index in [-0.39, 0.29) is 12.0 Å². The van der Waals surface area contributed by atoms with Crippen LogP contribution in [0.1, 0.15) is 12.0 Å². The quantitative estimate of drug-likeness (QED) is 0.866. The number of hydrogen-bond donors (Lipinski definition) is 1. The van der Waals surface area contributed by atoms with Crippen molar-refractivity contribution in [3.05, 3.63) is 28.2 Å². The lowest BCUT2D eigenvalue weighted by Gasteiger charge is -2.15. The van der Waals surface area contributed by atoms with Gasteiger partial charge >= 0.3 is 0 Å². The van der Waals surface area contributed by atoms with Gasteiger partial charge in [0.25, 0.3) is 0 Å². The number of carbonyl (C=O) groups is 1. The molecule has 1 heterocycles. The first kappa shape index (κ1) is 13.9. The first-order valence-electron chi connectivity index (χ1n) is 5.91. The van der Waals surface area contributed by atoms with Crippen molar-refractivity contribution in [3.63, 3.8) is 0 Å². The second kappa shape index (κ2) is 6.08. The van der Waals surface area contributed by atoms with E-state index in [0.717, 1.165) is 9.37 Å². The predicted octanol–water partition coefficient (Wildman–Crippen LogP) is 2.44. The van der Waals surface area contributed by atoms with E-state index in [0.29, 0.717) is 25.3 Å². The van der Waals surface area contributed by atoms with Crippen molar-refractivity contribution in [3.8, 4) is 0 Å². The molecular formula is C13H16BrNO2S. The summed E-state index contributed by atoms with van der Waals surface area (Å²) in [6, 6.07) is 6.06.